The van der Waals surface area contributed by atoms with Crippen LogP contribution in [0.15, 0.2) is 16.9 Å². The molecule has 3 heterocycles. The molecule has 0 unspecified atom stereocenters. The number of hydrogen-bond acceptors (Lipinski definition) is 5. The van der Waals surface area contributed by atoms with Gasteiger partial charge in [-0.1, -0.05) is 6.92 Å². The van der Waals surface area contributed by atoms with Gasteiger partial charge in [-0.05, 0) is 19.1 Å². The van der Waals surface area contributed by atoms with Crippen LogP contribution in [0.3, 0.4) is 0 Å². The number of hydrogen-bond donors (Lipinski definition) is 0. The highest BCUT2D eigenvalue weighted by atomic mass is 32.1. The standard InChI is InChI=1S/C14H15N3O3S/c1-4-12-15-16(7-13(18)20-3)14(19)10-6-11-9(17(10)12)5-8(2)21-11/h5-6H,4,7H2,1-3H3. The average Bonchev–Trinajstić information content (AvgIpc) is 2.98. The van der Waals surface area contributed by atoms with Crippen molar-refractivity contribution in [2.45, 2.75) is 26.8 Å². The van der Waals surface area contributed by atoms with Crippen LogP contribution in [0.2, 0.25) is 0 Å². The van der Waals surface area contributed by atoms with Gasteiger partial charge < -0.3 is 4.74 Å². The van der Waals surface area contributed by atoms with Gasteiger partial charge in [-0.15, -0.1) is 11.3 Å². The van der Waals surface area contributed by atoms with Crippen molar-refractivity contribution in [3.8, 4) is 0 Å². The number of fused-ring (bicyclic) bond motifs is 3. The van der Waals surface area contributed by atoms with Crippen molar-refractivity contribution in [1.82, 2.24) is 14.2 Å². The molecule has 0 fully saturated rings. The van der Waals surface area contributed by atoms with E-state index >= 15 is 0 Å². The average molecular weight is 305 g/mol. The highest BCUT2D eigenvalue weighted by Gasteiger charge is 2.16. The van der Waals surface area contributed by atoms with Crippen LogP contribution in [0.1, 0.15) is 17.6 Å². The third-order valence-electron chi connectivity index (χ3n) is 3.38. The molecule has 7 heteroatoms. The first-order chi connectivity index (χ1) is 10.0. The molecule has 0 spiro atoms. The first-order valence-electron chi connectivity index (χ1n) is 6.63. The number of aromatic nitrogens is 3. The molecule has 0 N–H and O–H groups in total. The van der Waals surface area contributed by atoms with Crippen molar-refractivity contribution in [3.05, 3.63) is 33.2 Å². The zero-order valence-electron chi connectivity index (χ0n) is 12.0. The van der Waals surface area contributed by atoms with Gasteiger partial charge in [0.25, 0.3) is 5.56 Å². The largest absolute Gasteiger partial charge is 0.468 e. The van der Waals surface area contributed by atoms with E-state index in [1.54, 1.807) is 11.3 Å². The van der Waals surface area contributed by atoms with Gasteiger partial charge in [-0.2, -0.15) is 5.10 Å². The summed E-state index contributed by atoms with van der Waals surface area (Å²) < 4.78 is 8.72. The van der Waals surface area contributed by atoms with Crippen LogP contribution in [-0.2, 0) is 22.5 Å². The molecule has 0 saturated heterocycles. The van der Waals surface area contributed by atoms with Gasteiger partial charge in [-0.3, -0.25) is 14.0 Å². The van der Waals surface area contributed by atoms with E-state index in [-0.39, 0.29) is 12.1 Å². The van der Waals surface area contributed by atoms with Crippen molar-refractivity contribution in [3.63, 3.8) is 0 Å². The molecule has 0 amide bonds. The lowest BCUT2D eigenvalue weighted by Gasteiger charge is -2.08. The summed E-state index contributed by atoms with van der Waals surface area (Å²) >= 11 is 1.64. The summed E-state index contributed by atoms with van der Waals surface area (Å²) in [6.45, 7) is 3.84. The zero-order valence-corrected chi connectivity index (χ0v) is 12.9. The lowest BCUT2D eigenvalue weighted by Crippen LogP contribution is -2.30. The van der Waals surface area contributed by atoms with E-state index in [2.05, 4.69) is 15.9 Å². The minimum Gasteiger partial charge on any atom is -0.468 e. The molecule has 3 rings (SSSR count). The van der Waals surface area contributed by atoms with E-state index in [0.29, 0.717) is 11.9 Å². The molecule has 0 bridgehead atoms. The Bertz CT molecular complexity index is 904. The Labute approximate surface area is 124 Å². The molecule has 0 aliphatic heterocycles. The Balaban J connectivity index is 2.32. The van der Waals surface area contributed by atoms with Gasteiger partial charge in [0.2, 0.25) is 0 Å². The number of carbonyl (C=O) groups is 1. The molecule has 0 aliphatic carbocycles. The van der Waals surface area contributed by atoms with E-state index in [0.717, 1.165) is 16.0 Å². The summed E-state index contributed by atoms with van der Waals surface area (Å²) in [4.78, 5) is 25.1. The lowest BCUT2D eigenvalue weighted by molar-refractivity contribution is -0.141. The molecular formula is C14H15N3O3S. The fourth-order valence-corrected chi connectivity index (χ4v) is 3.38. The van der Waals surface area contributed by atoms with Crippen molar-refractivity contribution in [2.24, 2.45) is 0 Å². The predicted octanol–water partition coefficient (Wildman–Crippen LogP) is 1.75. The van der Waals surface area contributed by atoms with Gasteiger partial charge in [0.05, 0.1) is 17.3 Å². The van der Waals surface area contributed by atoms with Gasteiger partial charge >= 0.3 is 5.97 Å². The van der Waals surface area contributed by atoms with E-state index in [1.807, 2.05) is 24.3 Å². The van der Waals surface area contributed by atoms with Gasteiger partial charge in [-0.25, -0.2) is 4.68 Å². The number of rotatable bonds is 3. The smallest absolute Gasteiger partial charge is 0.327 e. The normalized spacial score (nSPS) is 11.4. The highest BCUT2D eigenvalue weighted by molar-refractivity contribution is 7.19. The molecular weight excluding hydrogens is 290 g/mol. The second-order valence-electron chi connectivity index (χ2n) is 4.78. The molecule has 21 heavy (non-hydrogen) atoms. The molecule has 3 aromatic rings. The second kappa shape index (κ2) is 5.00. The summed E-state index contributed by atoms with van der Waals surface area (Å²) in [6, 6.07) is 3.92. The predicted molar refractivity (Wildman–Crippen MR) is 81.0 cm³/mol. The number of aryl methyl sites for hydroxylation is 2. The van der Waals surface area contributed by atoms with Crippen LogP contribution in [-0.4, -0.2) is 27.3 Å². The quantitative estimate of drug-likeness (QED) is 0.692. The van der Waals surface area contributed by atoms with Gasteiger partial charge in [0.1, 0.15) is 17.9 Å². The Hall–Kier alpha value is -2.15. The first-order valence-corrected chi connectivity index (χ1v) is 7.45. The summed E-state index contributed by atoms with van der Waals surface area (Å²) in [5, 5.41) is 4.31. The molecule has 0 atom stereocenters. The van der Waals surface area contributed by atoms with Crippen molar-refractivity contribution < 1.29 is 9.53 Å². The summed E-state index contributed by atoms with van der Waals surface area (Å²) in [5.41, 5.74) is 1.27. The summed E-state index contributed by atoms with van der Waals surface area (Å²) in [6.07, 6.45) is 0.663. The maximum atomic E-state index is 12.5. The third kappa shape index (κ3) is 2.13. The van der Waals surface area contributed by atoms with Crippen LogP contribution in [0.25, 0.3) is 15.7 Å². The number of nitrogens with zero attached hydrogens (tertiary/aromatic N) is 3. The Morgan fingerprint density at radius 3 is 2.81 bits per heavy atom. The second-order valence-corrected chi connectivity index (χ2v) is 6.07. The van der Waals surface area contributed by atoms with Gasteiger partial charge in [0.15, 0.2) is 0 Å². The monoisotopic (exact) mass is 305 g/mol. The van der Waals surface area contributed by atoms with E-state index in [9.17, 15) is 9.59 Å². The van der Waals surface area contributed by atoms with Crippen LogP contribution in [0.4, 0.5) is 0 Å². The third-order valence-corrected chi connectivity index (χ3v) is 4.37. The van der Waals surface area contributed by atoms with Crippen LogP contribution < -0.4 is 5.56 Å². The molecule has 0 saturated carbocycles. The molecule has 3 aromatic heterocycles. The summed E-state index contributed by atoms with van der Waals surface area (Å²) in [5.74, 6) is 0.265. The number of ether oxygens (including phenoxy) is 1. The Morgan fingerprint density at radius 1 is 1.38 bits per heavy atom. The molecule has 6 nitrogen and oxygen atoms in total. The highest BCUT2D eigenvalue weighted by Crippen LogP contribution is 2.28. The number of esters is 1. The van der Waals surface area contributed by atoms with E-state index in [4.69, 9.17) is 0 Å². The van der Waals surface area contributed by atoms with E-state index < -0.39 is 5.97 Å². The minimum absolute atomic E-state index is 0.170. The lowest BCUT2D eigenvalue weighted by atomic mass is 10.4. The minimum atomic E-state index is -0.486. The van der Waals surface area contributed by atoms with Crippen molar-refractivity contribution in [2.75, 3.05) is 7.11 Å². The fourth-order valence-electron chi connectivity index (χ4n) is 2.44. The van der Waals surface area contributed by atoms with Crippen molar-refractivity contribution in [1.29, 1.82) is 0 Å². The van der Waals surface area contributed by atoms with Crippen LogP contribution in [0.5, 0.6) is 0 Å². The maximum Gasteiger partial charge on any atom is 0.327 e. The Kier molecular flexibility index (Phi) is 3.29. The molecule has 110 valence electrons. The topological polar surface area (TPSA) is 65.6 Å². The first kappa shape index (κ1) is 13.8. The Morgan fingerprint density at radius 2 is 2.14 bits per heavy atom. The molecule has 0 radical (unpaired) electrons. The number of methoxy groups -OCH3 is 1. The number of thiophene rings is 1. The maximum absolute atomic E-state index is 12.5. The summed E-state index contributed by atoms with van der Waals surface area (Å²) in [7, 11) is 1.29. The zero-order chi connectivity index (χ0) is 15.1. The molecule has 0 aliphatic rings. The molecule has 0 aromatic carbocycles. The van der Waals surface area contributed by atoms with Crippen LogP contribution in [0, 0.1) is 6.92 Å². The van der Waals surface area contributed by atoms with Gasteiger partial charge in [0, 0.05) is 11.3 Å². The fraction of sp³-hybridized carbons (Fsp3) is 0.357. The van der Waals surface area contributed by atoms with Crippen LogP contribution >= 0.6 is 11.3 Å². The SMILES string of the molecule is CCc1nn(CC(=O)OC)c(=O)c2cc3sc(C)cc3n12. The number of carbonyl (C=O) groups excluding carboxylic acids is 1. The van der Waals surface area contributed by atoms with E-state index in [1.165, 1.54) is 16.7 Å². The van der Waals surface area contributed by atoms with Crippen molar-refractivity contribution >= 4 is 33.0 Å².